The highest BCUT2D eigenvalue weighted by molar-refractivity contribution is 9.10. The molecular formula is C34H34BrN5O2S. The van der Waals surface area contributed by atoms with Crippen molar-refractivity contribution in [3.05, 3.63) is 108 Å². The maximum Gasteiger partial charge on any atom is 0.282 e. The van der Waals surface area contributed by atoms with E-state index in [-0.39, 0.29) is 11.5 Å². The minimum Gasteiger partial charge on any atom is -0.322 e. The van der Waals surface area contributed by atoms with Crippen LogP contribution in [0.3, 0.4) is 0 Å². The average molecular weight is 657 g/mol. The molecular weight excluding hydrogens is 622 g/mol. The summed E-state index contributed by atoms with van der Waals surface area (Å²) in [5.74, 6) is 0.571. The predicted octanol–water partition coefficient (Wildman–Crippen LogP) is 7.98. The lowest BCUT2D eigenvalue weighted by Gasteiger charge is -2.14. The van der Waals surface area contributed by atoms with Crippen LogP contribution < -0.4 is 10.9 Å². The second-order valence-electron chi connectivity index (χ2n) is 11.0. The van der Waals surface area contributed by atoms with E-state index in [4.69, 9.17) is 10.1 Å². The van der Waals surface area contributed by atoms with Crippen molar-refractivity contribution >= 4 is 56.0 Å². The zero-order valence-electron chi connectivity index (χ0n) is 24.6. The average Bonchev–Trinajstić information content (AvgIpc) is 3.52. The topological polar surface area (TPSA) is 81.3 Å². The molecule has 3 aromatic heterocycles. The van der Waals surface area contributed by atoms with E-state index in [2.05, 4.69) is 45.7 Å². The van der Waals surface area contributed by atoms with Crippen LogP contribution in [-0.4, -0.2) is 26.3 Å². The smallest absolute Gasteiger partial charge is 0.282 e. The number of para-hydroxylation sites is 1. The highest BCUT2D eigenvalue weighted by Crippen LogP contribution is 2.39. The van der Waals surface area contributed by atoms with Crippen LogP contribution in [0.5, 0.6) is 0 Å². The van der Waals surface area contributed by atoms with Crippen molar-refractivity contribution in [3.8, 4) is 5.00 Å². The number of anilines is 1. The lowest BCUT2D eigenvalue weighted by atomic mass is 9.95. The van der Waals surface area contributed by atoms with Gasteiger partial charge in [0.1, 0.15) is 10.8 Å². The van der Waals surface area contributed by atoms with E-state index in [9.17, 15) is 9.59 Å². The van der Waals surface area contributed by atoms with Crippen LogP contribution in [0, 0.1) is 13.8 Å². The first kappa shape index (κ1) is 29.3. The van der Waals surface area contributed by atoms with Gasteiger partial charge in [0.15, 0.2) is 0 Å². The lowest BCUT2D eigenvalue weighted by molar-refractivity contribution is 0.102. The number of nitrogens with one attached hydrogen (secondary N) is 1. The van der Waals surface area contributed by atoms with Crippen LogP contribution in [0.4, 0.5) is 5.69 Å². The first-order chi connectivity index (χ1) is 20.9. The summed E-state index contributed by atoms with van der Waals surface area (Å²) in [7, 11) is 0. The van der Waals surface area contributed by atoms with Gasteiger partial charge < -0.3 is 9.88 Å². The molecule has 1 aliphatic carbocycles. The molecule has 5 aromatic rings. The van der Waals surface area contributed by atoms with Gasteiger partial charge in [-0.15, -0.1) is 11.3 Å². The maximum absolute atomic E-state index is 13.8. The monoisotopic (exact) mass is 655 g/mol. The van der Waals surface area contributed by atoms with E-state index in [1.165, 1.54) is 15.1 Å². The molecule has 0 aliphatic heterocycles. The molecule has 1 aliphatic rings. The van der Waals surface area contributed by atoms with E-state index >= 15 is 0 Å². The lowest BCUT2D eigenvalue weighted by Crippen LogP contribution is -2.22. The molecule has 1 N–H and O–H groups in total. The Kier molecular flexibility index (Phi) is 8.45. The Labute approximate surface area is 263 Å². The third kappa shape index (κ3) is 5.76. The number of aromatic nitrogens is 3. The van der Waals surface area contributed by atoms with Gasteiger partial charge in [0.25, 0.3) is 11.5 Å². The zero-order valence-corrected chi connectivity index (χ0v) is 27.0. The van der Waals surface area contributed by atoms with Crippen molar-refractivity contribution in [3.63, 3.8) is 0 Å². The number of hydrogen-bond donors (Lipinski definition) is 1. The molecule has 0 atom stereocenters. The molecule has 2 aromatic carbocycles. The zero-order chi connectivity index (χ0) is 30.1. The molecule has 0 radical (unpaired) electrons. The number of benzene rings is 2. The number of thiophene rings is 1. The Morgan fingerprint density at radius 3 is 2.70 bits per heavy atom. The van der Waals surface area contributed by atoms with Crippen LogP contribution in [0.1, 0.15) is 76.2 Å². The summed E-state index contributed by atoms with van der Waals surface area (Å²) < 4.78 is 4.44. The van der Waals surface area contributed by atoms with Gasteiger partial charge in [-0.3, -0.25) is 9.59 Å². The molecule has 43 heavy (non-hydrogen) atoms. The van der Waals surface area contributed by atoms with E-state index < -0.39 is 0 Å². The van der Waals surface area contributed by atoms with Crippen molar-refractivity contribution in [2.24, 2.45) is 5.10 Å². The molecule has 0 unspecified atom stereocenters. The Morgan fingerprint density at radius 2 is 1.91 bits per heavy atom. The molecule has 6 rings (SSSR count). The van der Waals surface area contributed by atoms with Crippen molar-refractivity contribution in [2.75, 3.05) is 5.32 Å². The number of carbonyl (C=O) groups excluding carboxylic acids is 1. The second-order valence-corrected chi connectivity index (χ2v) is 13.0. The third-order valence-corrected chi connectivity index (χ3v) is 9.80. The van der Waals surface area contributed by atoms with Crippen LogP contribution in [0.25, 0.3) is 15.9 Å². The molecule has 1 amide bonds. The van der Waals surface area contributed by atoms with Crippen molar-refractivity contribution < 1.29 is 4.79 Å². The Morgan fingerprint density at radius 1 is 1.12 bits per heavy atom. The van der Waals surface area contributed by atoms with Gasteiger partial charge in [0.2, 0.25) is 0 Å². The number of amides is 1. The fourth-order valence-corrected chi connectivity index (χ4v) is 7.68. The normalized spacial score (nSPS) is 13.1. The summed E-state index contributed by atoms with van der Waals surface area (Å²) >= 11 is 5.20. The van der Waals surface area contributed by atoms with Gasteiger partial charge in [-0.2, -0.15) is 9.78 Å². The number of unbranched alkanes of at least 4 members (excludes halogenated alkanes) is 1. The SMILES string of the molecule is CCCCc1nc2ccc(Br)cc2c(=O)n1N=Cc1cc(C)n(-c2sc3c(c2C(=O)Nc2ccccc2)CCCC3)c1C. The van der Waals surface area contributed by atoms with Gasteiger partial charge in [-0.05, 0) is 87.9 Å². The molecule has 0 spiro atoms. The molecule has 3 heterocycles. The summed E-state index contributed by atoms with van der Waals surface area (Å²) in [5.41, 5.74) is 6.06. The van der Waals surface area contributed by atoms with E-state index in [0.29, 0.717) is 23.1 Å². The summed E-state index contributed by atoms with van der Waals surface area (Å²) in [6.45, 7) is 6.22. The summed E-state index contributed by atoms with van der Waals surface area (Å²) in [5, 5.41) is 9.29. The Balaban J connectivity index is 1.42. The van der Waals surface area contributed by atoms with Crippen LogP contribution in [-0.2, 0) is 19.3 Å². The van der Waals surface area contributed by atoms with Gasteiger partial charge in [-0.25, -0.2) is 4.98 Å². The fourth-order valence-electron chi connectivity index (χ4n) is 5.82. The van der Waals surface area contributed by atoms with Crippen molar-refractivity contribution in [1.29, 1.82) is 0 Å². The maximum atomic E-state index is 13.8. The molecule has 0 fully saturated rings. The Bertz CT molecular complexity index is 1920. The minimum atomic E-state index is -0.187. The first-order valence-corrected chi connectivity index (χ1v) is 16.4. The number of hydrogen-bond acceptors (Lipinski definition) is 5. The van der Waals surface area contributed by atoms with Crippen LogP contribution >= 0.6 is 27.3 Å². The number of rotatable bonds is 8. The number of carbonyl (C=O) groups is 1. The van der Waals surface area contributed by atoms with Gasteiger partial charge in [0, 0.05) is 38.4 Å². The van der Waals surface area contributed by atoms with Crippen molar-refractivity contribution in [2.45, 2.75) is 65.7 Å². The van der Waals surface area contributed by atoms with E-state index in [0.717, 1.165) is 76.2 Å². The number of aryl methyl sites for hydroxylation is 3. The molecule has 0 saturated carbocycles. The van der Waals surface area contributed by atoms with Crippen LogP contribution in [0.2, 0.25) is 0 Å². The predicted molar refractivity (Wildman–Crippen MR) is 179 cm³/mol. The second kappa shape index (κ2) is 12.4. The third-order valence-electron chi connectivity index (χ3n) is 8.03. The number of fused-ring (bicyclic) bond motifs is 2. The van der Waals surface area contributed by atoms with Crippen molar-refractivity contribution in [1.82, 2.24) is 14.2 Å². The summed E-state index contributed by atoms with van der Waals surface area (Å²) in [4.78, 5) is 33.5. The summed E-state index contributed by atoms with van der Waals surface area (Å²) in [6.07, 6.45) is 8.44. The highest BCUT2D eigenvalue weighted by Gasteiger charge is 2.28. The number of nitrogens with zero attached hydrogens (tertiary/aromatic N) is 4. The molecule has 0 bridgehead atoms. The molecule has 0 saturated heterocycles. The quantitative estimate of drug-likeness (QED) is 0.172. The van der Waals surface area contributed by atoms with Crippen LogP contribution in [0.15, 0.2) is 69.0 Å². The molecule has 220 valence electrons. The Hall–Kier alpha value is -3.82. The standard InChI is InChI=1S/C34H34BrN5O2S/c1-4-5-15-30-38-28-17-16-24(35)19-27(28)33(42)40(30)36-20-23-18-21(2)39(22(23)3)34-31(26-13-9-10-14-29(26)43-34)32(41)37-25-11-7-6-8-12-25/h6-8,11-12,16-20H,4-5,9-10,13-15H2,1-3H3,(H,37,41). The minimum absolute atomic E-state index is 0.0798. The largest absolute Gasteiger partial charge is 0.322 e. The first-order valence-electron chi connectivity index (χ1n) is 14.8. The molecule has 7 nitrogen and oxygen atoms in total. The van der Waals surface area contributed by atoms with E-state index in [1.54, 1.807) is 23.6 Å². The highest BCUT2D eigenvalue weighted by atomic mass is 79.9. The number of halogens is 1. The van der Waals surface area contributed by atoms with Gasteiger partial charge in [0.05, 0.1) is 22.7 Å². The fraction of sp³-hybridized carbons (Fsp3) is 0.294. The summed E-state index contributed by atoms with van der Waals surface area (Å²) in [6, 6.07) is 17.2. The van der Waals surface area contributed by atoms with Gasteiger partial charge >= 0.3 is 0 Å². The van der Waals surface area contributed by atoms with E-state index in [1.807, 2.05) is 49.4 Å². The molecule has 9 heteroatoms. The van der Waals surface area contributed by atoms with Gasteiger partial charge in [-0.1, -0.05) is 47.5 Å².